The highest BCUT2D eigenvalue weighted by Gasteiger charge is 2.46. The van der Waals surface area contributed by atoms with E-state index in [0.29, 0.717) is 12.1 Å². The van der Waals surface area contributed by atoms with Crippen LogP contribution in [0.25, 0.3) is 0 Å². The van der Waals surface area contributed by atoms with E-state index in [1.807, 2.05) is 41.3 Å². The van der Waals surface area contributed by atoms with Gasteiger partial charge < -0.3 is 10.2 Å². The molecule has 2 heterocycles. The Hall–Kier alpha value is -2.62. The molecule has 0 bridgehead atoms. The molecule has 4 nitrogen and oxygen atoms in total. The molecule has 2 amide bonds. The molecule has 144 valence electrons. The van der Waals surface area contributed by atoms with Crippen LogP contribution in [0.1, 0.15) is 71.1 Å². The summed E-state index contributed by atoms with van der Waals surface area (Å²) in [6, 6.07) is 16.0. The molecule has 0 aromatic heterocycles. The molecule has 0 spiro atoms. The topological polar surface area (TPSA) is 49.4 Å². The van der Waals surface area contributed by atoms with Gasteiger partial charge in [-0.25, -0.2) is 0 Å². The fraction of sp³-hybridized carbons (Fsp3) is 0.417. The van der Waals surface area contributed by atoms with Gasteiger partial charge in [-0.15, -0.1) is 0 Å². The molecular formula is C24H26N2O2. The molecule has 2 atom stereocenters. The molecule has 28 heavy (non-hydrogen) atoms. The molecular weight excluding hydrogens is 348 g/mol. The minimum absolute atomic E-state index is 0.0526. The number of nitrogens with zero attached hydrogens (tertiary/aromatic N) is 1. The number of rotatable bonds is 2. The average Bonchev–Trinajstić information content (AvgIpc) is 2.74. The first kappa shape index (κ1) is 17.5. The molecule has 1 saturated carbocycles. The molecule has 4 heteroatoms. The number of benzene rings is 2. The van der Waals surface area contributed by atoms with E-state index in [4.69, 9.17) is 0 Å². The fourth-order valence-electron chi connectivity index (χ4n) is 5.30. The van der Waals surface area contributed by atoms with E-state index in [1.165, 1.54) is 24.8 Å². The second-order valence-corrected chi connectivity index (χ2v) is 8.30. The summed E-state index contributed by atoms with van der Waals surface area (Å²) in [5, 5.41) is 3.33. The first-order chi connectivity index (χ1) is 13.7. The maximum absolute atomic E-state index is 13.6. The molecule has 0 radical (unpaired) electrons. The van der Waals surface area contributed by atoms with Gasteiger partial charge in [-0.1, -0.05) is 61.7 Å². The van der Waals surface area contributed by atoms with Crippen molar-refractivity contribution in [2.24, 2.45) is 0 Å². The number of hydrogen-bond donors (Lipinski definition) is 1. The quantitative estimate of drug-likeness (QED) is 0.865. The first-order valence-corrected chi connectivity index (χ1v) is 10.5. The van der Waals surface area contributed by atoms with Gasteiger partial charge in [0.05, 0.1) is 12.0 Å². The van der Waals surface area contributed by atoms with E-state index in [9.17, 15) is 9.59 Å². The molecule has 2 unspecified atom stereocenters. The van der Waals surface area contributed by atoms with Gasteiger partial charge in [0.1, 0.15) is 0 Å². The van der Waals surface area contributed by atoms with Gasteiger partial charge in [0.15, 0.2) is 0 Å². The first-order valence-electron chi connectivity index (χ1n) is 10.5. The van der Waals surface area contributed by atoms with Crippen LogP contribution in [0.2, 0.25) is 0 Å². The molecule has 5 rings (SSSR count). The Labute approximate surface area is 165 Å². The summed E-state index contributed by atoms with van der Waals surface area (Å²) >= 11 is 0. The van der Waals surface area contributed by atoms with Gasteiger partial charge in [0, 0.05) is 18.2 Å². The minimum atomic E-state index is -0.350. The summed E-state index contributed by atoms with van der Waals surface area (Å²) in [7, 11) is 0. The van der Waals surface area contributed by atoms with Crippen molar-refractivity contribution in [3.05, 3.63) is 70.8 Å². The van der Waals surface area contributed by atoms with Crippen molar-refractivity contribution in [1.29, 1.82) is 0 Å². The van der Waals surface area contributed by atoms with Crippen molar-refractivity contribution in [2.75, 3.05) is 6.54 Å². The van der Waals surface area contributed by atoms with Crippen molar-refractivity contribution < 1.29 is 9.59 Å². The highest BCUT2D eigenvalue weighted by molar-refractivity contribution is 6.01. The zero-order valence-electron chi connectivity index (χ0n) is 16.1. The SMILES string of the molecule is O=C(NC1CCCCC1)C1c2ccccc2C(=O)N2CCc3ccccc3C12. The maximum atomic E-state index is 13.6. The summed E-state index contributed by atoms with van der Waals surface area (Å²) < 4.78 is 0. The summed E-state index contributed by atoms with van der Waals surface area (Å²) in [5.74, 6) is -0.229. The van der Waals surface area contributed by atoms with E-state index in [2.05, 4.69) is 17.4 Å². The highest BCUT2D eigenvalue weighted by atomic mass is 16.2. The van der Waals surface area contributed by atoms with Crippen LogP contribution in [0.15, 0.2) is 48.5 Å². The largest absolute Gasteiger partial charge is 0.353 e. The number of nitrogens with one attached hydrogen (secondary N) is 1. The summed E-state index contributed by atoms with van der Waals surface area (Å²) in [5.41, 5.74) is 3.94. The van der Waals surface area contributed by atoms with Crippen molar-refractivity contribution in [3.8, 4) is 0 Å². The van der Waals surface area contributed by atoms with Crippen LogP contribution >= 0.6 is 0 Å². The fourth-order valence-corrected chi connectivity index (χ4v) is 5.30. The number of carbonyl (C=O) groups excluding carboxylic acids is 2. The minimum Gasteiger partial charge on any atom is -0.353 e. The summed E-state index contributed by atoms with van der Waals surface area (Å²) in [6.07, 6.45) is 6.59. The molecule has 2 aromatic rings. The maximum Gasteiger partial charge on any atom is 0.254 e. The predicted molar refractivity (Wildman–Crippen MR) is 108 cm³/mol. The van der Waals surface area contributed by atoms with Crippen LogP contribution < -0.4 is 5.32 Å². The van der Waals surface area contributed by atoms with E-state index < -0.39 is 0 Å². The van der Waals surface area contributed by atoms with Crippen molar-refractivity contribution in [2.45, 2.75) is 56.5 Å². The van der Waals surface area contributed by atoms with Crippen molar-refractivity contribution >= 4 is 11.8 Å². The third-order valence-electron chi connectivity index (χ3n) is 6.67. The van der Waals surface area contributed by atoms with Crippen LogP contribution in [0.3, 0.4) is 0 Å². The molecule has 1 fully saturated rings. The lowest BCUT2D eigenvalue weighted by Gasteiger charge is -2.45. The Kier molecular flexibility index (Phi) is 4.42. The zero-order valence-corrected chi connectivity index (χ0v) is 16.1. The Morgan fingerprint density at radius 2 is 1.64 bits per heavy atom. The molecule has 2 aromatic carbocycles. The van der Waals surface area contributed by atoms with E-state index in [1.54, 1.807) is 0 Å². The molecule has 0 saturated heterocycles. The number of hydrogen-bond acceptors (Lipinski definition) is 2. The lowest BCUT2D eigenvalue weighted by molar-refractivity contribution is -0.125. The average molecular weight is 374 g/mol. The smallest absolute Gasteiger partial charge is 0.254 e. The van der Waals surface area contributed by atoms with Gasteiger partial charge in [-0.3, -0.25) is 9.59 Å². The predicted octanol–water partition coefficient (Wildman–Crippen LogP) is 3.97. The normalized spacial score (nSPS) is 24.1. The Morgan fingerprint density at radius 3 is 2.46 bits per heavy atom. The molecule has 3 aliphatic rings. The number of fused-ring (bicyclic) bond motifs is 4. The summed E-state index contributed by atoms with van der Waals surface area (Å²) in [6.45, 7) is 0.669. The highest BCUT2D eigenvalue weighted by Crippen LogP contribution is 2.46. The van der Waals surface area contributed by atoms with Gasteiger partial charge in [-0.05, 0) is 42.0 Å². The third kappa shape index (κ3) is 2.83. The summed E-state index contributed by atoms with van der Waals surface area (Å²) in [4.78, 5) is 28.7. The lowest BCUT2D eigenvalue weighted by Crippen LogP contribution is -2.51. The van der Waals surface area contributed by atoms with Crippen LogP contribution in [-0.2, 0) is 11.2 Å². The Morgan fingerprint density at radius 1 is 0.929 bits per heavy atom. The van der Waals surface area contributed by atoms with Crippen LogP contribution in [0.5, 0.6) is 0 Å². The van der Waals surface area contributed by atoms with E-state index in [0.717, 1.165) is 30.4 Å². The van der Waals surface area contributed by atoms with Gasteiger partial charge in [0.25, 0.3) is 5.91 Å². The number of amides is 2. The molecule has 1 aliphatic carbocycles. The van der Waals surface area contributed by atoms with Crippen LogP contribution in [-0.4, -0.2) is 29.3 Å². The van der Waals surface area contributed by atoms with Crippen molar-refractivity contribution in [3.63, 3.8) is 0 Å². The lowest BCUT2D eigenvalue weighted by atomic mass is 9.75. The Bertz CT molecular complexity index is 916. The zero-order chi connectivity index (χ0) is 19.1. The third-order valence-corrected chi connectivity index (χ3v) is 6.67. The monoisotopic (exact) mass is 374 g/mol. The second kappa shape index (κ2) is 7.08. The Balaban J connectivity index is 1.58. The number of carbonyl (C=O) groups is 2. The standard InChI is InChI=1S/C24H26N2O2/c27-23(25-17-9-2-1-3-10-17)21-19-12-6-7-13-20(19)24(28)26-15-14-16-8-4-5-11-18(16)22(21)26/h4-8,11-13,17,21-22H,1-3,9-10,14-15H2,(H,25,27). The second-order valence-electron chi connectivity index (χ2n) is 8.30. The van der Waals surface area contributed by atoms with Crippen LogP contribution in [0.4, 0.5) is 0 Å². The van der Waals surface area contributed by atoms with Crippen molar-refractivity contribution in [1.82, 2.24) is 10.2 Å². The van der Waals surface area contributed by atoms with Gasteiger partial charge >= 0.3 is 0 Å². The van der Waals surface area contributed by atoms with Crippen LogP contribution in [0, 0.1) is 0 Å². The molecule has 1 N–H and O–H groups in total. The van der Waals surface area contributed by atoms with Gasteiger partial charge in [0.2, 0.25) is 5.91 Å². The van der Waals surface area contributed by atoms with E-state index in [-0.39, 0.29) is 29.8 Å². The van der Waals surface area contributed by atoms with E-state index >= 15 is 0 Å². The molecule has 2 aliphatic heterocycles. The van der Waals surface area contributed by atoms with Gasteiger partial charge in [-0.2, -0.15) is 0 Å².